The van der Waals surface area contributed by atoms with Gasteiger partial charge >= 0.3 is 0 Å². The van der Waals surface area contributed by atoms with Crippen molar-refractivity contribution in [2.45, 2.75) is 46.5 Å². The van der Waals surface area contributed by atoms with Crippen molar-refractivity contribution < 1.29 is 14.3 Å². The van der Waals surface area contributed by atoms with E-state index in [1.165, 1.54) is 0 Å². The fourth-order valence-corrected chi connectivity index (χ4v) is 2.81. The van der Waals surface area contributed by atoms with E-state index in [-0.39, 0.29) is 30.4 Å². The summed E-state index contributed by atoms with van der Waals surface area (Å²) in [4.78, 5) is 28.1. The highest BCUT2D eigenvalue weighted by Crippen LogP contribution is 2.37. The molecule has 132 valence electrons. The van der Waals surface area contributed by atoms with E-state index in [0.29, 0.717) is 24.5 Å². The molecule has 0 saturated heterocycles. The first kappa shape index (κ1) is 18.3. The number of fused-ring (bicyclic) bond motifs is 1. The van der Waals surface area contributed by atoms with Crippen molar-refractivity contribution in [3.05, 3.63) is 23.8 Å². The molecule has 2 rings (SSSR count). The zero-order valence-electron chi connectivity index (χ0n) is 15.4. The van der Waals surface area contributed by atoms with Gasteiger partial charge in [0.05, 0.1) is 5.69 Å². The Morgan fingerprint density at radius 2 is 1.92 bits per heavy atom. The van der Waals surface area contributed by atoms with Crippen LogP contribution in [-0.2, 0) is 15.0 Å². The number of amides is 2. The summed E-state index contributed by atoms with van der Waals surface area (Å²) in [6.45, 7) is 11.7. The molecule has 0 radical (unpaired) electrons. The summed E-state index contributed by atoms with van der Waals surface area (Å²) in [6.07, 6.45) is 0.985. The molecule has 5 nitrogen and oxygen atoms in total. The van der Waals surface area contributed by atoms with E-state index in [1.807, 2.05) is 32.0 Å². The number of hydrogen-bond acceptors (Lipinski definition) is 3. The Balaban J connectivity index is 2.36. The Labute approximate surface area is 144 Å². The van der Waals surface area contributed by atoms with Crippen LogP contribution in [0.15, 0.2) is 18.2 Å². The molecule has 0 aromatic heterocycles. The van der Waals surface area contributed by atoms with Crippen molar-refractivity contribution in [2.75, 3.05) is 31.1 Å². The molecular weight excluding hydrogens is 304 g/mol. The Morgan fingerprint density at radius 3 is 2.50 bits per heavy atom. The molecule has 1 aliphatic rings. The molecule has 0 atom stereocenters. The average Bonchev–Trinajstić information content (AvgIpc) is 2.58. The molecule has 1 aromatic rings. The Morgan fingerprint density at radius 1 is 1.25 bits per heavy atom. The molecule has 0 aliphatic carbocycles. The molecule has 0 saturated carbocycles. The van der Waals surface area contributed by atoms with Crippen LogP contribution in [0, 0.1) is 0 Å². The molecule has 0 N–H and O–H groups in total. The maximum absolute atomic E-state index is 12.5. The maximum atomic E-state index is 12.5. The van der Waals surface area contributed by atoms with Crippen molar-refractivity contribution in [1.82, 2.24) is 4.90 Å². The first-order valence-corrected chi connectivity index (χ1v) is 8.69. The predicted molar refractivity (Wildman–Crippen MR) is 95.5 cm³/mol. The van der Waals surface area contributed by atoms with E-state index in [9.17, 15) is 9.59 Å². The smallest absolute Gasteiger partial charge is 0.265 e. The zero-order valence-corrected chi connectivity index (χ0v) is 15.4. The highest BCUT2D eigenvalue weighted by Gasteiger charge is 2.30. The molecule has 1 aromatic carbocycles. The summed E-state index contributed by atoms with van der Waals surface area (Å²) in [7, 11) is 0. The lowest BCUT2D eigenvalue weighted by atomic mass is 9.82. The summed E-state index contributed by atoms with van der Waals surface area (Å²) in [5, 5.41) is 0. The SMILES string of the molecule is CCN(CC)C(=O)CN1C(=O)COc2ccc(C(C)(C)CC)cc21. The highest BCUT2D eigenvalue weighted by atomic mass is 16.5. The van der Waals surface area contributed by atoms with Crippen LogP contribution >= 0.6 is 0 Å². The summed E-state index contributed by atoms with van der Waals surface area (Å²) < 4.78 is 5.55. The van der Waals surface area contributed by atoms with Crippen LogP contribution in [0.2, 0.25) is 0 Å². The van der Waals surface area contributed by atoms with Gasteiger partial charge in [-0.3, -0.25) is 14.5 Å². The molecule has 1 heterocycles. The Bertz CT molecular complexity index is 621. The number of nitrogens with zero attached hydrogens (tertiary/aromatic N) is 2. The third-order valence-corrected chi connectivity index (χ3v) is 4.98. The Hall–Kier alpha value is -2.04. The molecular formula is C19H28N2O3. The number of hydrogen-bond donors (Lipinski definition) is 0. The van der Waals surface area contributed by atoms with E-state index in [1.54, 1.807) is 9.80 Å². The third-order valence-electron chi connectivity index (χ3n) is 4.98. The summed E-state index contributed by atoms with van der Waals surface area (Å²) >= 11 is 0. The summed E-state index contributed by atoms with van der Waals surface area (Å²) in [5.74, 6) is 0.452. The van der Waals surface area contributed by atoms with Crippen molar-refractivity contribution in [3.63, 3.8) is 0 Å². The monoisotopic (exact) mass is 332 g/mol. The quantitative estimate of drug-likeness (QED) is 0.805. The average molecular weight is 332 g/mol. The molecule has 0 bridgehead atoms. The van der Waals surface area contributed by atoms with Gasteiger partial charge in [-0.1, -0.05) is 26.8 Å². The minimum absolute atomic E-state index is 0.00404. The van der Waals surface area contributed by atoms with Gasteiger partial charge in [0.2, 0.25) is 5.91 Å². The third kappa shape index (κ3) is 3.55. The molecule has 1 aliphatic heterocycles. The summed E-state index contributed by atoms with van der Waals surface area (Å²) in [5.41, 5.74) is 1.84. The predicted octanol–water partition coefficient (Wildman–Crippen LogP) is 2.97. The van der Waals surface area contributed by atoms with Gasteiger partial charge in [0.15, 0.2) is 6.61 Å². The van der Waals surface area contributed by atoms with Crippen LogP contribution in [0.25, 0.3) is 0 Å². The second-order valence-corrected chi connectivity index (χ2v) is 6.75. The number of anilines is 1. The van der Waals surface area contributed by atoms with Gasteiger partial charge in [-0.05, 0) is 43.4 Å². The fraction of sp³-hybridized carbons (Fsp3) is 0.579. The van der Waals surface area contributed by atoms with E-state index in [0.717, 1.165) is 12.0 Å². The number of rotatable bonds is 6. The summed E-state index contributed by atoms with van der Waals surface area (Å²) in [6, 6.07) is 5.94. The fourth-order valence-electron chi connectivity index (χ4n) is 2.81. The topological polar surface area (TPSA) is 49.9 Å². The number of benzene rings is 1. The van der Waals surface area contributed by atoms with Crippen molar-refractivity contribution in [3.8, 4) is 5.75 Å². The van der Waals surface area contributed by atoms with Gasteiger partial charge < -0.3 is 9.64 Å². The van der Waals surface area contributed by atoms with E-state index in [2.05, 4.69) is 20.8 Å². The van der Waals surface area contributed by atoms with Gasteiger partial charge in [0.1, 0.15) is 12.3 Å². The molecule has 5 heteroatoms. The maximum Gasteiger partial charge on any atom is 0.265 e. The van der Waals surface area contributed by atoms with Gasteiger partial charge in [-0.2, -0.15) is 0 Å². The van der Waals surface area contributed by atoms with Crippen molar-refractivity contribution in [2.24, 2.45) is 0 Å². The number of carbonyl (C=O) groups is 2. The lowest BCUT2D eigenvalue weighted by Crippen LogP contribution is -2.46. The molecule has 2 amide bonds. The standard InChI is InChI=1S/C19H28N2O3/c1-6-19(4,5)14-9-10-16-15(11-14)21(18(23)13-24-16)12-17(22)20(7-2)8-3/h9-11H,6-8,12-13H2,1-5H3. The first-order chi connectivity index (χ1) is 11.3. The number of carbonyl (C=O) groups excluding carboxylic acids is 2. The minimum Gasteiger partial charge on any atom is -0.482 e. The van der Waals surface area contributed by atoms with Crippen molar-refractivity contribution >= 4 is 17.5 Å². The zero-order chi connectivity index (χ0) is 17.9. The number of ether oxygens (including phenoxy) is 1. The minimum atomic E-state index is -0.172. The number of likely N-dealkylation sites (N-methyl/N-ethyl adjacent to an activating group) is 1. The van der Waals surface area contributed by atoms with Crippen LogP contribution in [-0.4, -0.2) is 43.0 Å². The van der Waals surface area contributed by atoms with Gasteiger partial charge in [0, 0.05) is 13.1 Å². The normalized spacial score (nSPS) is 14.2. The van der Waals surface area contributed by atoms with Gasteiger partial charge in [-0.15, -0.1) is 0 Å². The molecule has 0 spiro atoms. The second-order valence-electron chi connectivity index (χ2n) is 6.75. The second kappa shape index (κ2) is 7.24. The molecule has 24 heavy (non-hydrogen) atoms. The van der Waals surface area contributed by atoms with Gasteiger partial charge in [-0.25, -0.2) is 0 Å². The van der Waals surface area contributed by atoms with Crippen LogP contribution in [0.3, 0.4) is 0 Å². The largest absolute Gasteiger partial charge is 0.482 e. The van der Waals surface area contributed by atoms with Crippen LogP contribution < -0.4 is 9.64 Å². The first-order valence-electron chi connectivity index (χ1n) is 8.69. The van der Waals surface area contributed by atoms with Gasteiger partial charge in [0.25, 0.3) is 5.91 Å². The lowest BCUT2D eigenvalue weighted by molar-refractivity contribution is -0.131. The lowest BCUT2D eigenvalue weighted by Gasteiger charge is -2.33. The Kier molecular flexibility index (Phi) is 5.52. The van der Waals surface area contributed by atoms with Crippen LogP contribution in [0.5, 0.6) is 5.75 Å². The van der Waals surface area contributed by atoms with Crippen LogP contribution in [0.4, 0.5) is 5.69 Å². The molecule has 0 unspecified atom stereocenters. The van der Waals surface area contributed by atoms with E-state index < -0.39 is 0 Å². The van der Waals surface area contributed by atoms with Crippen molar-refractivity contribution in [1.29, 1.82) is 0 Å². The molecule has 0 fully saturated rings. The van der Waals surface area contributed by atoms with E-state index in [4.69, 9.17) is 4.74 Å². The highest BCUT2D eigenvalue weighted by molar-refractivity contribution is 6.02. The van der Waals surface area contributed by atoms with E-state index >= 15 is 0 Å². The van der Waals surface area contributed by atoms with Crippen LogP contribution in [0.1, 0.15) is 46.6 Å².